The molecule has 0 radical (unpaired) electrons. The van der Waals surface area contributed by atoms with E-state index in [0.29, 0.717) is 5.84 Å². The van der Waals surface area contributed by atoms with Crippen molar-refractivity contribution in [2.24, 2.45) is 4.40 Å². The fraction of sp³-hybridized carbons (Fsp3) is 0.500. The van der Waals surface area contributed by atoms with E-state index in [4.69, 9.17) is 0 Å². The van der Waals surface area contributed by atoms with Crippen LogP contribution in [0, 0.1) is 0 Å². The van der Waals surface area contributed by atoms with Crippen LogP contribution in [0.1, 0.15) is 19.3 Å². The Kier molecular flexibility index (Phi) is 6.47. The molecule has 7 heteroatoms. The summed E-state index contributed by atoms with van der Waals surface area (Å²) in [6.45, 7) is 1.65. The second-order valence-electron chi connectivity index (χ2n) is 6.58. The number of piperidine rings is 1. The van der Waals surface area contributed by atoms with Crippen LogP contribution in [0.4, 0.5) is 0 Å². The van der Waals surface area contributed by atoms with E-state index >= 15 is 0 Å². The molecular formula is C18H28N4O2S. The first kappa shape index (κ1) is 19.3. The molecule has 0 N–H and O–H groups in total. The van der Waals surface area contributed by atoms with Crippen LogP contribution in [-0.2, 0) is 10.0 Å². The van der Waals surface area contributed by atoms with Gasteiger partial charge in [-0.25, -0.2) is 0 Å². The minimum absolute atomic E-state index is 0.217. The van der Waals surface area contributed by atoms with Crippen LogP contribution in [0.2, 0.25) is 0 Å². The predicted molar refractivity (Wildman–Crippen MR) is 102 cm³/mol. The highest BCUT2D eigenvalue weighted by molar-refractivity contribution is 7.90. The van der Waals surface area contributed by atoms with Crippen molar-refractivity contribution in [3.63, 3.8) is 0 Å². The molecule has 0 aromatic heterocycles. The maximum absolute atomic E-state index is 12.7. The second kappa shape index (κ2) is 8.38. The van der Waals surface area contributed by atoms with Gasteiger partial charge in [0, 0.05) is 47.4 Å². The number of hydrogen-bond donors (Lipinski definition) is 0. The number of benzene rings is 1. The Hall–Kier alpha value is -2.02. The fourth-order valence-corrected chi connectivity index (χ4v) is 3.86. The van der Waals surface area contributed by atoms with Gasteiger partial charge in [-0.05, 0) is 31.4 Å². The summed E-state index contributed by atoms with van der Waals surface area (Å²) in [6, 6.07) is 8.38. The molecule has 1 saturated heterocycles. The van der Waals surface area contributed by atoms with Gasteiger partial charge in [0.2, 0.25) is 0 Å². The fourth-order valence-electron chi connectivity index (χ4n) is 2.84. The van der Waals surface area contributed by atoms with Crippen LogP contribution in [0.3, 0.4) is 0 Å². The maximum atomic E-state index is 12.7. The number of amidine groups is 1. The van der Waals surface area contributed by atoms with Crippen LogP contribution in [0.25, 0.3) is 0 Å². The van der Waals surface area contributed by atoms with Crippen molar-refractivity contribution in [3.05, 3.63) is 42.2 Å². The zero-order valence-electron chi connectivity index (χ0n) is 15.5. The molecule has 138 valence electrons. The normalized spacial score (nSPS) is 15.7. The molecule has 0 spiro atoms. The van der Waals surface area contributed by atoms with Gasteiger partial charge in [0.25, 0.3) is 10.0 Å². The molecular weight excluding hydrogens is 336 g/mol. The van der Waals surface area contributed by atoms with Crippen molar-refractivity contribution in [2.45, 2.75) is 24.2 Å². The van der Waals surface area contributed by atoms with Crippen molar-refractivity contribution in [2.75, 3.05) is 41.3 Å². The second-order valence-corrected chi connectivity index (χ2v) is 8.18. The SMILES string of the molecule is CN(C)C(=C/C(=N/S(=O)(=O)c1ccccc1)N1CCCCC1)N(C)C. The van der Waals surface area contributed by atoms with Gasteiger partial charge in [0.15, 0.2) is 0 Å². The highest BCUT2D eigenvalue weighted by Gasteiger charge is 2.20. The summed E-state index contributed by atoms with van der Waals surface area (Å²) in [6.07, 6.45) is 5.13. The molecule has 0 saturated carbocycles. The van der Waals surface area contributed by atoms with E-state index in [1.54, 1.807) is 30.3 Å². The molecule has 0 unspecified atom stereocenters. The van der Waals surface area contributed by atoms with Gasteiger partial charge >= 0.3 is 0 Å². The topological polar surface area (TPSA) is 56.2 Å². The van der Waals surface area contributed by atoms with Crippen LogP contribution in [0.5, 0.6) is 0 Å². The Morgan fingerprint density at radius 3 is 2.08 bits per heavy atom. The standard InChI is InChI=1S/C18H28N4O2S/c1-20(2)18(21(3)4)15-17(22-13-9-6-10-14-22)19-25(23,24)16-11-7-5-8-12-16/h5,7-8,11-12,15H,6,9-10,13-14H2,1-4H3/b19-17-. The van der Waals surface area contributed by atoms with Gasteiger partial charge in [0.05, 0.1) is 4.90 Å². The monoisotopic (exact) mass is 364 g/mol. The molecule has 1 heterocycles. The van der Waals surface area contributed by atoms with Crippen LogP contribution in [0.15, 0.2) is 51.5 Å². The van der Waals surface area contributed by atoms with E-state index in [9.17, 15) is 8.42 Å². The Morgan fingerprint density at radius 1 is 1.00 bits per heavy atom. The molecule has 25 heavy (non-hydrogen) atoms. The highest BCUT2D eigenvalue weighted by atomic mass is 32.2. The van der Waals surface area contributed by atoms with Gasteiger partial charge in [-0.15, -0.1) is 4.40 Å². The summed E-state index contributed by atoms with van der Waals surface area (Å²) in [5, 5.41) is 0. The third-order valence-corrected chi connectivity index (χ3v) is 5.40. The van der Waals surface area contributed by atoms with E-state index in [-0.39, 0.29) is 4.90 Å². The first-order chi connectivity index (χ1) is 11.8. The molecule has 0 atom stereocenters. The molecule has 1 aromatic carbocycles. The smallest absolute Gasteiger partial charge is 0.284 e. The molecule has 1 aliphatic heterocycles. The van der Waals surface area contributed by atoms with Crippen molar-refractivity contribution < 1.29 is 8.42 Å². The van der Waals surface area contributed by atoms with Crippen molar-refractivity contribution >= 4 is 15.9 Å². The van der Waals surface area contributed by atoms with E-state index in [1.807, 2.05) is 44.1 Å². The van der Waals surface area contributed by atoms with Crippen LogP contribution < -0.4 is 0 Å². The van der Waals surface area contributed by atoms with Gasteiger partial charge in [-0.1, -0.05) is 18.2 Å². The third-order valence-electron chi connectivity index (χ3n) is 4.11. The summed E-state index contributed by atoms with van der Waals surface area (Å²) in [4.78, 5) is 6.19. The molecule has 0 aliphatic carbocycles. The average Bonchev–Trinajstić information content (AvgIpc) is 2.59. The number of hydrogen-bond acceptors (Lipinski definition) is 4. The number of sulfonamides is 1. The van der Waals surface area contributed by atoms with Gasteiger partial charge < -0.3 is 14.7 Å². The molecule has 0 bridgehead atoms. The van der Waals surface area contributed by atoms with E-state index in [1.165, 1.54) is 6.42 Å². The lowest BCUT2D eigenvalue weighted by Gasteiger charge is -2.31. The number of nitrogens with zero attached hydrogens (tertiary/aromatic N) is 4. The summed E-state index contributed by atoms with van der Waals surface area (Å²) in [5.74, 6) is 1.40. The summed E-state index contributed by atoms with van der Waals surface area (Å²) >= 11 is 0. The van der Waals surface area contributed by atoms with Crippen molar-refractivity contribution in [1.29, 1.82) is 0 Å². The zero-order valence-corrected chi connectivity index (χ0v) is 16.3. The lowest BCUT2D eigenvalue weighted by molar-refractivity contribution is 0.331. The molecule has 1 fully saturated rings. The third kappa shape index (κ3) is 5.22. The Morgan fingerprint density at radius 2 is 1.56 bits per heavy atom. The molecule has 1 aromatic rings. The lowest BCUT2D eigenvalue weighted by Crippen LogP contribution is -2.37. The number of rotatable bonds is 5. The largest absolute Gasteiger partial charge is 0.364 e. The zero-order chi connectivity index (χ0) is 18.4. The Labute approximate surface area is 151 Å². The highest BCUT2D eigenvalue weighted by Crippen LogP contribution is 2.17. The van der Waals surface area contributed by atoms with Crippen molar-refractivity contribution in [3.8, 4) is 0 Å². The molecule has 0 amide bonds. The Balaban J connectivity index is 2.49. The van der Waals surface area contributed by atoms with Gasteiger partial charge in [-0.3, -0.25) is 0 Å². The molecule has 1 aliphatic rings. The molecule has 6 nitrogen and oxygen atoms in total. The first-order valence-electron chi connectivity index (χ1n) is 8.52. The van der Waals surface area contributed by atoms with Crippen molar-refractivity contribution in [1.82, 2.24) is 14.7 Å². The lowest BCUT2D eigenvalue weighted by atomic mass is 10.1. The van der Waals surface area contributed by atoms with Gasteiger partial charge in [-0.2, -0.15) is 8.42 Å². The minimum atomic E-state index is -3.74. The van der Waals surface area contributed by atoms with Crippen LogP contribution in [-0.4, -0.2) is 70.2 Å². The van der Waals surface area contributed by atoms with E-state index in [0.717, 1.165) is 31.8 Å². The Bertz CT molecular complexity index is 709. The maximum Gasteiger partial charge on any atom is 0.284 e. The average molecular weight is 365 g/mol. The van der Waals surface area contributed by atoms with Crippen LogP contribution >= 0.6 is 0 Å². The quantitative estimate of drug-likeness (QED) is 0.592. The predicted octanol–water partition coefficient (Wildman–Crippen LogP) is 2.22. The summed E-state index contributed by atoms with van der Waals surface area (Å²) < 4.78 is 29.7. The van der Waals surface area contributed by atoms with Gasteiger partial charge in [0.1, 0.15) is 11.7 Å². The van der Waals surface area contributed by atoms with E-state index < -0.39 is 10.0 Å². The summed E-state index contributed by atoms with van der Waals surface area (Å²) in [7, 11) is 4.00. The first-order valence-corrected chi connectivity index (χ1v) is 9.96. The number of likely N-dealkylation sites (tertiary alicyclic amines) is 1. The minimum Gasteiger partial charge on any atom is -0.364 e. The molecule has 2 rings (SSSR count). The van der Waals surface area contributed by atoms with E-state index in [2.05, 4.69) is 9.30 Å². The summed E-state index contributed by atoms with van der Waals surface area (Å²) in [5.41, 5.74) is 0.